The third-order valence-corrected chi connectivity index (χ3v) is 6.97. The van der Waals surface area contributed by atoms with Crippen LogP contribution in [0.25, 0.3) is 0 Å². The molecule has 0 radical (unpaired) electrons. The second-order valence-electron chi connectivity index (χ2n) is 9.28. The van der Waals surface area contributed by atoms with Crippen LogP contribution in [-0.4, -0.2) is 53.3 Å². The lowest BCUT2D eigenvalue weighted by Crippen LogP contribution is -2.54. The van der Waals surface area contributed by atoms with Crippen molar-refractivity contribution in [2.75, 3.05) is 19.6 Å². The number of ketones is 1. The summed E-state index contributed by atoms with van der Waals surface area (Å²) in [5.41, 5.74) is 2.55. The molecule has 2 aliphatic rings. The van der Waals surface area contributed by atoms with Crippen molar-refractivity contribution >= 4 is 23.3 Å². The fourth-order valence-corrected chi connectivity index (χ4v) is 5.14. The number of halogens is 4. The molecule has 0 aromatic heterocycles. The molecule has 0 bridgehead atoms. The number of hydrogen-bond donors (Lipinski definition) is 0. The van der Waals surface area contributed by atoms with E-state index in [-0.39, 0.29) is 24.3 Å². The Bertz CT molecular complexity index is 837. The van der Waals surface area contributed by atoms with E-state index in [0.29, 0.717) is 23.7 Å². The topological polar surface area (TPSA) is 40.6 Å². The van der Waals surface area contributed by atoms with Gasteiger partial charge in [-0.1, -0.05) is 24.4 Å². The number of nitrogens with zero attached hydrogens (tertiary/aromatic N) is 2. The molecule has 0 spiro atoms. The predicted octanol–water partition coefficient (Wildman–Crippen LogP) is 5.33. The summed E-state index contributed by atoms with van der Waals surface area (Å²) >= 11 is 6.28. The highest BCUT2D eigenvalue weighted by Gasteiger charge is 2.33. The summed E-state index contributed by atoms with van der Waals surface area (Å²) in [6.07, 6.45) is -1.72. The van der Waals surface area contributed by atoms with E-state index in [9.17, 15) is 22.8 Å². The quantitative estimate of drug-likeness (QED) is 0.539. The second-order valence-corrected chi connectivity index (χ2v) is 9.71. The lowest BCUT2D eigenvalue weighted by Gasteiger charge is -2.41. The van der Waals surface area contributed by atoms with E-state index in [1.54, 1.807) is 6.07 Å². The van der Waals surface area contributed by atoms with Crippen LogP contribution < -0.4 is 0 Å². The van der Waals surface area contributed by atoms with Crippen LogP contribution in [0.4, 0.5) is 13.2 Å². The van der Waals surface area contributed by atoms with Gasteiger partial charge in [-0.25, -0.2) is 0 Å². The molecule has 1 saturated heterocycles. The van der Waals surface area contributed by atoms with Crippen molar-refractivity contribution in [2.24, 2.45) is 5.92 Å². The van der Waals surface area contributed by atoms with Gasteiger partial charge in [0.05, 0.1) is 6.42 Å². The van der Waals surface area contributed by atoms with Gasteiger partial charge in [-0.3, -0.25) is 14.5 Å². The largest absolute Gasteiger partial charge is 0.389 e. The zero-order valence-electron chi connectivity index (χ0n) is 18.8. The molecule has 1 aromatic carbocycles. The molecule has 0 N–H and O–H groups in total. The molecular formula is C24H32ClF3N2O2. The minimum Gasteiger partial charge on any atom is -0.337 e. The van der Waals surface area contributed by atoms with E-state index < -0.39 is 24.8 Å². The molecule has 0 unspecified atom stereocenters. The van der Waals surface area contributed by atoms with Gasteiger partial charge < -0.3 is 4.90 Å². The summed E-state index contributed by atoms with van der Waals surface area (Å²) in [6.45, 7) is 6.81. The molecule has 1 heterocycles. The summed E-state index contributed by atoms with van der Waals surface area (Å²) in [7, 11) is 0. The number of carbonyl (C=O) groups excluding carboxylic acids is 2. The second kappa shape index (κ2) is 10.6. The molecule has 1 amide bonds. The first-order chi connectivity index (χ1) is 15.0. The number of carbonyl (C=O) groups is 2. The maximum atomic E-state index is 12.8. The Labute approximate surface area is 193 Å². The zero-order chi connectivity index (χ0) is 23.5. The van der Waals surface area contributed by atoms with Gasteiger partial charge in [0.2, 0.25) is 5.91 Å². The lowest BCUT2D eigenvalue weighted by atomic mass is 9.96. The van der Waals surface area contributed by atoms with E-state index in [1.165, 1.54) is 0 Å². The molecule has 2 fully saturated rings. The van der Waals surface area contributed by atoms with E-state index >= 15 is 0 Å². The molecule has 1 aromatic rings. The number of hydrogen-bond acceptors (Lipinski definition) is 3. The van der Waals surface area contributed by atoms with Crippen LogP contribution in [0.3, 0.4) is 0 Å². The van der Waals surface area contributed by atoms with Gasteiger partial charge in [-0.2, -0.15) is 13.2 Å². The third-order valence-electron chi connectivity index (χ3n) is 6.76. The minimum absolute atomic E-state index is 0.0461. The van der Waals surface area contributed by atoms with Crippen LogP contribution in [0, 0.1) is 12.8 Å². The summed E-state index contributed by atoms with van der Waals surface area (Å²) < 4.78 is 37.2. The fourth-order valence-electron chi connectivity index (χ4n) is 4.88. The van der Waals surface area contributed by atoms with Crippen LogP contribution >= 0.6 is 11.6 Å². The van der Waals surface area contributed by atoms with Crippen molar-refractivity contribution in [3.63, 3.8) is 0 Å². The monoisotopic (exact) mass is 472 g/mol. The van der Waals surface area contributed by atoms with Crippen molar-refractivity contribution in [3.05, 3.63) is 33.8 Å². The van der Waals surface area contributed by atoms with E-state index in [0.717, 1.165) is 49.9 Å². The normalized spacial score (nSPS) is 20.7. The van der Waals surface area contributed by atoms with Crippen LogP contribution in [0.15, 0.2) is 12.1 Å². The molecule has 178 valence electrons. The van der Waals surface area contributed by atoms with Gasteiger partial charge in [-0.15, -0.1) is 0 Å². The number of Topliss-reactive ketones (excluding diaryl/α,β-unsaturated/α-hetero) is 1. The Kier molecular flexibility index (Phi) is 8.26. The van der Waals surface area contributed by atoms with Gasteiger partial charge >= 0.3 is 6.18 Å². The third kappa shape index (κ3) is 6.70. The summed E-state index contributed by atoms with van der Waals surface area (Å²) in [5.74, 6) is 0.0242. The molecule has 1 atom stereocenters. The van der Waals surface area contributed by atoms with Crippen LogP contribution in [0.5, 0.6) is 0 Å². The van der Waals surface area contributed by atoms with Crippen molar-refractivity contribution in [2.45, 2.75) is 77.6 Å². The standard InChI is InChI=1S/C24H32ClF3N2O2/c1-16-14-29(9-10-30(16)23(32)18-5-3-4-6-18)15-20-12-21(25)11-19(17(20)2)13-22(31)7-8-24(26,27)28/h11-12,16,18H,3-10,13-15H2,1-2H3/t16-/m0/s1. The maximum absolute atomic E-state index is 12.8. The SMILES string of the molecule is Cc1c(CC(=O)CCC(F)(F)F)cc(Cl)cc1CN1CCN(C(=O)C2CCCC2)[C@@H](C)C1. The Hall–Kier alpha value is -1.60. The number of rotatable bonds is 7. The summed E-state index contributed by atoms with van der Waals surface area (Å²) in [4.78, 5) is 29.2. The first-order valence-corrected chi connectivity index (χ1v) is 11.8. The zero-order valence-corrected chi connectivity index (χ0v) is 19.6. The molecule has 1 saturated carbocycles. The first-order valence-electron chi connectivity index (χ1n) is 11.4. The average Bonchev–Trinajstić information content (AvgIpc) is 3.24. The fraction of sp³-hybridized carbons (Fsp3) is 0.667. The van der Waals surface area contributed by atoms with Crippen molar-refractivity contribution < 1.29 is 22.8 Å². The first kappa shape index (κ1) is 25.0. The van der Waals surface area contributed by atoms with E-state index in [4.69, 9.17) is 11.6 Å². The number of alkyl halides is 3. The highest BCUT2D eigenvalue weighted by Crippen LogP contribution is 2.29. The van der Waals surface area contributed by atoms with Crippen molar-refractivity contribution in [1.82, 2.24) is 9.80 Å². The lowest BCUT2D eigenvalue weighted by molar-refractivity contribution is -0.143. The molecule has 8 heteroatoms. The van der Waals surface area contributed by atoms with Gasteiger partial charge in [0.1, 0.15) is 5.78 Å². The molecule has 1 aliphatic heterocycles. The Morgan fingerprint density at radius 2 is 1.78 bits per heavy atom. The molecule has 3 rings (SSSR count). The van der Waals surface area contributed by atoms with Crippen LogP contribution in [0.2, 0.25) is 5.02 Å². The highest BCUT2D eigenvalue weighted by atomic mass is 35.5. The molecule has 4 nitrogen and oxygen atoms in total. The van der Waals surface area contributed by atoms with Gasteiger partial charge in [0, 0.05) is 56.0 Å². The van der Waals surface area contributed by atoms with Crippen molar-refractivity contribution in [3.8, 4) is 0 Å². The Morgan fingerprint density at radius 1 is 1.12 bits per heavy atom. The molecular weight excluding hydrogens is 441 g/mol. The summed E-state index contributed by atoms with van der Waals surface area (Å²) in [5, 5.41) is 0.479. The maximum Gasteiger partial charge on any atom is 0.389 e. The predicted molar refractivity (Wildman–Crippen MR) is 119 cm³/mol. The Balaban J connectivity index is 1.61. The number of piperazine rings is 1. The van der Waals surface area contributed by atoms with Gasteiger partial charge in [0.15, 0.2) is 0 Å². The smallest absolute Gasteiger partial charge is 0.337 e. The van der Waals surface area contributed by atoms with E-state index in [2.05, 4.69) is 11.8 Å². The van der Waals surface area contributed by atoms with Crippen LogP contribution in [-0.2, 0) is 22.6 Å². The number of benzene rings is 1. The van der Waals surface area contributed by atoms with Crippen molar-refractivity contribution in [1.29, 1.82) is 0 Å². The van der Waals surface area contributed by atoms with Gasteiger partial charge in [0.25, 0.3) is 0 Å². The Morgan fingerprint density at radius 3 is 2.41 bits per heavy atom. The van der Waals surface area contributed by atoms with E-state index in [1.807, 2.05) is 17.9 Å². The average molecular weight is 473 g/mol. The summed E-state index contributed by atoms with van der Waals surface area (Å²) in [6, 6.07) is 3.66. The van der Waals surface area contributed by atoms with Gasteiger partial charge in [-0.05, 0) is 55.5 Å². The highest BCUT2D eigenvalue weighted by molar-refractivity contribution is 6.30. The van der Waals surface area contributed by atoms with Crippen LogP contribution in [0.1, 0.15) is 62.1 Å². The molecule has 1 aliphatic carbocycles. The minimum atomic E-state index is -4.33. The molecule has 32 heavy (non-hydrogen) atoms. The number of amides is 1.